The molecule has 110 valence electrons. The van der Waals surface area contributed by atoms with Gasteiger partial charge in [-0.1, -0.05) is 37.6 Å². The number of hydrogen-bond acceptors (Lipinski definition) is 2. The molecule has 0 radical (unpaired) electrons. The maximum atomic E-state index is 12.7. The lowest BCUT2D eigenvalue weighted by Crippen LogP contribution is -2.36. The standard InChI is InChI=1S/C17H26N2O/c1-3-19(17(20)16-10-6-7-13(16)2)12-15-9-5-4-8-14(15)11-18/h4-5,8-9,13,16H,3,6-7,10-12,18H2,1-2H3. The van der Waals surface area contributed by atoms with Crippen molar-refractivity contribution >= 4 is 5.91 Å². The Balaban J connectivity index is 2.10. The van der Waals surface area contributed by atoms with E-state index in [1.165, 1.54) is 18.4 Å². The van der Waals surface area contributed by atoms with Crippen LogP contribution in [0.5, 0.6) is 0 Å². The van der Waals surface area contributed by atoms with Gasteiger partial charge in [0, 0.05) is 25.6 Å². The normalized spacial score (nSPS) is 21.9. The molecule has 1 saturated carbocycles. The third kappa shape index (κ3) is 3.21. The summed E-state index contributed by atoms with van der Waals surface area (Å²) in [6.07, 6.45) is 3.43. The smallest absolute Gasteiger partial charge is 0.226 e. The van der Waals surface area contributed by atoms with E-state index >= 15 is 0 Å². The SMILES string of the molecule is CCN(Cc1ccccc1CN)C(=O)C1CCCC1C. The lowest BCUT2D eigenvalue weighted by molar-refractivity contribution is -0.136. The van der Waals surface area contributed by atoms with Crippen LogP contribution in [0.15, 0.2) is 24.3 Å². The van der Waals surface area contributed by atoms with Crippen LogP contribution >= 0.6 is 0 Å². The van der Waals surface area contributed by atoms with E-state index in [1.54, 1.807) is 0 Å². The molecular weight excluding hydrogens is 248 g/mol. The van der Waals surface area contributed by atoms with Crippen molar-refractivity contribution in [2.75, 3.05) is 6.54 Å². The van der Waals surface area contributed by atoms with Crippen molar-refractivity contribution < 1.29 is 4.79 Å². The molecule has 1 amide bonds. The minimum atomic E-state index is 0.222. The summed E-state index contributed by atoms with van der Waals surface area (Å²) in [6, 6.07) is 8.15. The van der Waals surface area contributed by atoms with Crippen molar-refractivity contribution in [1.82, 2.24) is 4.90 Å². The van der Waals surface area contributed by atoms with Crippen LogP contribution in [-0.2, 0) is 17.9 Å². The van der Waals surface area contributed by atoms with Crippen LogP contribution in [0, 0.1) is 11.8 Å². The number of amides is 1. The first-order valence-electron chi connectivity index (χ1n) is 7.73. The maximum Gasteiger partial charge on any atom is 0.226 e. The van der Waals surface area contributed by atoms with Gasteiger partial charge in [0.05, 0.1) is 0 Å². The van der Waals surface area contributed by atoms with E-state index in [1.807, 2.05) is 23.1 Å². The maximum absolute atomic E-state index is 12.7. The fourth-order valence-corrected chi connectivity index (χ4v) is 3.21. The summed E-state index contributed by atoms with van der Waals surface area (Å²) < 4.78 is 0. The molecule has 1 aliphatic carbocycles. The minimum Gasteiger partial charge on any atom is -0.338 e. The van der Waals surface area contributed by atoms with Gasteiger partial charge in [0.2, 0.25) is 5.91 Å². The Morgan fingerprint density at radius 2 is 2.00 bits per heavy atom. The molecule has 0 spiro atoms. The zero-order valence-corrected chi connectivity index (χ0v) is 12.6. The Labute approximate surface area is 122 Å². The van der Waals surface area contributed by atoms with Gasteiger partial charge in [-0.3, -0.25) is 4.79 Å². The van der Waals surface area contributed by atoms with Gasteiger partial charge in [-0.15, -0.1) is 0 Å². The summed E-state index contributed by atoms with van der Waals surface area (Å²) >= 11 is 0. The average Bonchev–Trinajstić information content (AvgIpc) is 2.90. The molecule has 1 aromatic carbocycles. The molecule has 0 aliphatic heterocycles. The molecule has 20 heavy (non-hydrogen) atoms. The molecule has 3 nitrogen and oxygen atoms in total. The van der Waals surface area contributed by atoms with Crippen LogP contribution in [0.3, 0.4) is 0 Å². The van der Waals surface area contributed by atoms with E-state index in [-0.39, 0.29) is 5.92 Å². The number of benzene rings is 1. The molecule has 1 fully saturated rings. The Morgan fingerprint density at radius 3 is 2.55 bits per heavy atom. The van der Waals surface area contributed by atoms with Crippen LogP contribution in [0.2, 0.25) is 0 Å². The fourth-order valence-electron chi connectivity index (χ4n) is 3.21. The zero-order chi connectivity index (χ0) is 14.5. The number of nitrogens with zero attached hydrogens (tertiary/aromatic N) is 1. The first-order chi connectivity index (χ1) is 9.67. The van der Waals surface area contributed by atoms with Gasteiger partial charge in [-0.05, 0) is 36.8 Å². The third-order valence-corrected chi connectivity index (χ3v) is 4.57. The summed E-state index contributed by atoms with van der Waals surface area (Å²) in [4.78, 5) is 14.7. The molecule has 0 bridgehead atoms. The van der Waals surface area contributed by atoms with E-state index in [4.69, 9.17) is 5.73 Å². The van der Waals surface area contributed by atoms with Crippen molar-refractivity contribution in [3.63, 3.8) is 0 Å². The van der Waals surface area contributed by atoms with Crippen LogP contribution < -0.4 is 5.73 Å². The van der Waals surface area contributed by atoms with Crippen molar-refractivity contribution in [3.8, 4) is 0 Å². The molecule has 0 aromatic heterocycles. The lowest BCUT2D eigenvalue weighted by Gasteiger charge is -2.27. The topological polar surface area (TPSA) is 46.3 Å². The Bertz CT molecular complexity index is 458. The van der Waals surface area contributed by atoms with Crippen LogP contribution in [-0.4, -0.2) is 17.4 Å². The van der Waals surface area contributed by atoms with E-state index < -0.39 is 0 Å². The van der Waals surface area contributed by atoms with Gasteiger partial charge in [0.1, 0.15) is 0 Å². The highest BCUT2D eigenvalue weighted by molar-refractivity contribution is 5.79. The molecule has 2 N–H and O–H groups in total. The summed E-state index contributed by atoms with van der Waals surface area (Å²) in [6.45, 7) is 6.24. The van der Waals surface area contributed by atoms with Crippen molar-refractivity contribution in [1.29, 1.82) is 0 Å². The summed E-state index contributed by atoms with van der Waals surface area (Å²) in [5.41, 5.74) is 8.10. The second-order valence-electron chi connectivity index (χ2n) is 5.84. The fraction of sp³-hybridized carbons (Fsp3) is 0.588. The van der Waals surface area contributed by atoms with Crippen LogP contribution in [0.25, 0.3) is 0 Å². The number of rotatable bonds is 5. The first-order valence-corrected chi connectivity index (χ1v) is 7.73. The van der Waals surface area contributed by atoms with E-state index in [2.05, 4.69) is 19.9 Å². The molecule has 0 saturated heterocycles. The Morgan fingerprint density at radius 1 is 1.30 bits per heavy atom. The van der Waals surface area contributed by atoms with Crippen LogP contribution in [0.4, 0.5) is 0 Å². The highest BCUT2D eigenvalue weighted by Crippen LogP contribution is 2.33. The molecule has 2 rings (SSSR count). The molecule has 2 atom stereocenters. The Hall–Kier alpha value is -1.35. The largest absolute Gasteiger partial charge is 0.338 e. The van der Waals surface area contributed by atoms with E-state index in [0.29, 0.717) is 24.9 Å². The summed E-state index contributed by atoms with van der Waals surface area (Å²) in [5.74, 6) is 1.07. The highest BCUT2D eigenvalue weighted by atomic mass is 16.2. The quantitative estimate of drug-likeness (QED) is 0.897. The van der Waals surface area contributed by atoms with Crippen molar-refractivity contribution in [3.05, 3.63) is 35.4 Å². The molecule has 1 aromatic rings. The monoisotopic (exact) mass is 274 g/mol. The van der Waals surface area contributed by atoms with Gasteiger partial charge < -0.3 is 10.6 Å². The molecule has 0 heterocycles. The zero-order valence-electron chi connectivity index (χ0n) is 12.6. The molecule has 2 unspecified atom stereocenters. The van der Waals surface area contributed by atoms with E-state index in [9.17, 15) is 4.79 Å². The van der Waals surface area contributed by atoms with Gasteiger partial charge in [0.15, 0.2) is 0 Å². The second kappa shape index (κ2) is 6.89. The van der Waals surface area contributed by atoms with Gasteiger partial charge in [-0.2, -0.15) is 0 Å². The molecule has 1 aliphatic rings. The molecule has 3 heteroatoms. The van der Waals surface area contributed by atoms with Crippen molar-refractivity contribution in [2.24, 2.45) is 17.6 Å². The first kappa shape index (κ1) is 15.0. The van der Waals surface area contributed by atoms with Crippen molar-refractivity contribution in [2.45, 2.75) is 46.2 Å². The minimum absolute atomic E-state index is 0.222. The number of nitrogens with two attached hydrogens (primary N) is 1. The third-order valence-electron chi connectivity index (χ3n) is 4.57. The average molecular weight is 274 g/mol. The Kier molecular flexibility index (Phi) is 5.18. The van der Waals surface area contributed by atoms with Crippen LogP contribution in [0.1, 0.15) is 44.2 Å². The van der Waals surface area contributed by atoms with Gasteiger partial charge >= 0.3 is 0 Å². The molecular formula is C17H26N2O. The highest BCUT2D eigenvalue weighted by Gasteiger charge is 2.32. The predicted octanol–water partition coefficient (Wildman–Crippen LogP) is 2.93. The number of carbonyl (C=O) groups excluding carboxylic acids is 1. The second-order valence-corrected chi connectivity index (χ2v) is 5.84. The summed E-state index contributed by atoms with van der Waals surface area (Å²) in [5, 5.41) is 0. The summed E-state index contributed by atoms with van der Waals surface area (Å²) in [7, 11) is 0. The lowest BCUT2D eigenvalue weighted by atomic mass is 9.96. The van der Waals surface area contributed by atoms with Gasteiger partial charge in [-0.25, -0.2) is 0 Å². The van der Waals surface area contributed by atoms with Gasteiger partial charge in [0.25, 0.3) is 0 Å². The number of carbonyl (C=O) groups is 1. The predicted molar refractivity (Wildman–Crippen MR) is 81.9 cm³/mol. The number of hydrogen-bond donors (Lipinski definition) is 1. The van der Waals surface area contributed by atoms with E-state index in [0.717, 1.165) is 18.5 Å².